The van der Waals surface area contributed by atoms with Crippen LogP contribution in [0.5, 0.6) is 0 Å². The van der Waals surface area contributed by atoms with Crippen molar-refractivity contribution in [3.63, 3.8) is 0 Å². The molecule has 0 spiro atoms. The van der Waals surface area contributed by atoms with Gasteiger partial charge in [0.15, 0.2) is 0 Å². The van der Waals surface area contributed by atoms with Crippen molar-refractivity contribution >= 4 is 46.3 Å². The standard InChI is InChI=1S/C18H15N3OS2/c22-16(13-23-15-9-5-2-6-10-15)19-18-21-20-17(24-18)12-11-14-7-3-1-4-8-14/h1-12H,13H2,(H,19,21,22)/b12-11+. The monoisotopic (exact) mass is 353 g/mol. The van der Waals surface area contributed by atoms with Crippen LogP contribution < -0.4 is 5.32 Å². The number of hydrogen-bond acceptors (Lipinski definition) is 5. The summed E-state index contributed by atoms with van der Waals surface area (Å²) in [7, 11) is 0. The van der Waals surface area contributed by atoms with Crippen LogP contribution >= 0.6 is 23.1 Å². The van der Waals surface area contributed by atoms with Gasteiger partial charge in [0.1, 0.15) is 5.01 Å². The Hall–Kier alpha value is -2.44. The molecule has 0 atom stereocenters. The first-order chi connectivity index (χ1) is 11.8. The second-order valence-corrected chi connectivity index (χ2v) is 6.90. The van der Waals surface area contributed by atoms with Gasteiger partial charge in [-0.25, -0.2) is 0 Å². The molecule has 120 valence electrons. The molecule has 0 unspecified atom stereocenters. The lowest BCUT2D eigenvalue weighted by atomic mass is 10.2. The van der Waals surface area contributed by atoms with Crippen LogP contribution in [0.15, 0.2) is 65.6 Å². The number of aromatic nitrogens is 2. The largest absolute Gasteiger partial charge is 0.300 e. The second-order valence-electron chi connectivity index (χ2n) is 4.84. The molecule has 6 heteroatoms. The number of rotatable bonds is 6. The Bertz CT molecular complexity index is 817. The Morgan fingerprint density at radius 1 is 1.00 bits per heavy atom. The number of carbonyl (C=O) groups excluding carboxylic acids is 1. The van der Waals surface area contributed by atoms with Crippen LogP contribution in [0.2, 0.25) is 0 Å². The van der Waals surface area contributed by atoms with Crippen molar-refractivity contribution in [3.05, 3.63) is 71.2 Å². The molecule has 4 nitrogen and oxygen atoms in total. The molecule has 0 saturated heterocycles. The molecule has 0 saturated carbocycles. The van der Waals surface area contributed by atoms with E-state index in [1.54, 1.807) is 0 Å². The SMILES string of the molecule is O=C(CSc1ccccc1)Nc1nnc(/C=C/c2ccccc2)s1. The third kappa shape index (κ3) is 5.04. The van der Waals surface area contributed by atoms with Crippen molar-refractivity contribution in [2.24, 2.45) is 0 Å². The smallest absolute Gasteiger partial charge is 0.236 e. The van der Waals surface area contributed by atoms with Crippen molar-refractivity contribution in [3.8, 4) is 0 Å². The predicted octanol–water partition coefficient (Wildman–Crippen LogP) is 4.44. The van der Waals surface area contributed by atoms with Crippen LogP contribution in [0.4, 0.5) is 5.13 Å². The minimum absolute atomic E-state index is 0.0846. The van der Waals surface area contributed by atoms with Gasteiger partial charge in [0, 0.05) is 4.90 Å². The molecular formula is C18H15N3OS2. The molecule has 3 rings (SSSR count). The van der Waals surface area contributed by atoms with E-state index in [0.717, 1.165) is 15.5 Å². The summed E-state index contributed by atoms with van der Waals surface area (Å²) in [6.45, 7) is 0. The van der Waals surface area contributed by atoms with Gasteiger partial charge in [0.2, 0.25) is 11.0 Å². The van der Waals surface area contributed by atoms with Crippen LogP contribution in [0.1, 0.15) is 10.6 Å². The van der Waals surface area contributed by atoms with E-state index in [9.17, 15) is 4.79 Å². The molecule has 1 N–H and O–H groups in total. The van der Waals surface area contributed by atoms with Gasteiger partial charge in [-0.1, -0.05) is 65.9 Å². The number of anilines is 1. The van der Waals surface area contributed by atoms with Crippen molar-refractivity contribution in [2.45, 2.75) is 4.90 Å². The highest BCUT2D eigenvalue weighted by molar-refractivity contribution is 8.00. The quantitative estimate of drug-likeness (QED) is 0.666. The molecule has 1 heterocycles. The number of thioether (sulfide) groups is 1. The summed E-state index contributed by atoms with van der Waals surface area (Å²) in [5.74, 6) is 0.261. The van der Waals surface area contributed by atoms with Gasteiger partial charge in [-0.3, -0.25) is 10.1 Å². The summed E-state index contributed by atoms with van der Waals surface area (Å²) >= 11 is 2.84. The Kier molecular flexibility index (Phi) is 5.76. The Labute approximate surface area is 148 Å². The van der Waals surface area contributed by atoms with Crippen LogP contribution in [0, 0.1) is 0 Å². The molecule has 0 bridgehead atoms. The number of carbonyl (C=O) groups is 1. The van der Waals surface area contributed by atoms with Crippen LogP contribution in [0.3, 0.4) is 0 Å². The number of nitrogens with one attached hydrogen (secondary N) is 1. The van der Waals surface area contributed by atoms with Crippen molar-refractivity contribution in [1.82, 2.24) is 10.2 Å². The van der Waals surface area contributed by atoms with Gasteiger partial charge >= 0.3 is 0 Å². The lowest BCUT2D eigenvalue weighted by molar-refractivity contribution is -0.113. The van der Waals surface area contributed by atoms with E-state index >= 15 is 0 Å². The average molecular weight is 353 g/mol. The molecule has 0 aliphatic rings. The minimum Gasteiger partial charge on any atom is -0.300 e. The first-order valence-corrected chi connectivity index (χ1v) is 9.14. The first-order valence-electron chi connectivity index (χ1n) is 7.34. The maximum absolute atomic E-state index is 12.0. The highest BCUT2D eigenvalue weighted by Crippen LogP contribution is 2.20. The van der Waals surface area contributed by atoms with E-state index in [1.165, 1.54) is 23.1 Å². The summed E-state index contributed by atoms with van der Waals surface area (Å²) in [5, 5.41) is 12.1. The lowest BCUT2D eigenvalue weighted by Gasteiger charge is -2.01. The fourth-order valence-corrected chi connectivity index (χ4v) is 3.29. The molecule has 1 aromatic heterocycles. The molecule has 1 amide bonds. The van der Waals surface area contributed by atoms with Gasteiger partial charge in [-0.05, 0) is 23.8 Å². The van der Waals surface area contributed by atoms with Gasteiger partial charge in [-0.2, -0.15) is 0 Å². The van der Waals surface area contributed by atoms with Crippen molar-refractivity contribution < 1.29 is 4.79 Å². The van der Waals surface area contributed by atoms with Crippen LogP contribution in [-0.2, 0) is 4.79 Å². The molecule has 0 aliphatic carbocycles. The zero-order valence-electron chi connectivity index (χ0n) is 12.8. The molecule has 2 aromatic carbocycles. The van der Waals surface area contributed by atoms with Crippen molar-refractivity contribution in [2.75, 3.05) is 11.1 Å². The topological polar surface area (TPSA) is 54.9 Å². The Balaban J connectivity index is 1.52. The molecule has 0 fully saturated rings. The number of nitrogens with zero attached hydrogens (tertiary/aromatic N) is 2. The van der Waals surface area contributed by atoms with E-state index in [-0.39, 0.29) is 5.91 Å². The third-order valence-corrected chi connectivity index (χ3v) is 4.83. The minimum atomic E-state index is -0.0846. The summed E-state index contributed by atoms with van der Waals surface area (Å²) in [6, 6.07) is 19.8. The maximum atomic E-state index is 12.0. The zero-order valence-corrected chi connectivity index (χ0v) is 14.4. The third-order valence-electron chi connectivity index (χ3n) is 3.02. The molecule has 3 aromatic rings. The fraction of sp³-hybridized carbons (Fsp3) is 0.0556. The highest BCUT2D eigenvalue weighted by Gasteiger charge is 2.07. The van der Waals surface area contributed by atoms with E-state index in [0.29, 0.717) is 10.9 Å². The number of amides is 1. The normalized spacial score (nSPS) is 10.8. The summed E-state index contributed by atoms with van der Waals surface area (Å²) in [4.78, 5) is 13.0. The molecule has 0 aliphatic heterocycles. The summed E-state index contributed by atoms with van der Waals surface area (Å²) < 4.78 is 0. The molecule has 0 radical (unpaired) electrons. The van der Waals surface area contributed by atoms with E-state index in [2.05, 4.69) is 15.5 Å². The average Bonchev–Trinajstić information content (AvgIpc) is 3.07. The highest BCUT2D eigenvalue weighted by atomic mass is 32.2. The van der Waals surface area contributed by atoms with Gasteiger partial charge in [0.05, 0.1) is 5.75 Å². The summed E-state index contributed by atoms with van der Waals surface area (Å²) in [6.07, 6.45) is 3.86. The van der Waals surface area contributed by atoms with Crippen LogP contribution in [0.25, 0.3) is 12.2 Å². The van der Waals surface area contributed by atoms with Crippen LogP contribution in [-0.4, -0.2) is 21.9 Å². The summed E-state index contributed by atoms with van der Waals surface area (Å²) in [5.41, 5.74) is 1.09. The second kappa shape index (κ2) is 8.42. The van der Waals surface area contributed by atoms with E-state index < -0.39 is 0 Å². The number of benzene rings is 2. The zero-order chi connectivity index (χ0) is 16.6. The molecule has 24 heavy (non-hydrogen) atoms. The van der Waals surface area contributed by atoms with Gasteiger partial charge in [0.25, 0.3) is 0 Å². The van der Waals surface area contributed by atoms with E-state index in [4.69, 9.17) is 0 Å². The maximum Gasteiger partial charge on any atom is 0.236 e. The Morgan fingerprint density at radius 2 is 1.71 bits per heavy atom. The van der Waals surface area contributed by atoms with Gasteiger partial charge < -0.3 is 0 Å². The van der Waals surface area contributed by atoms with Crippen molar-refractivity contribution in [1.29, 1.82) is 0 Å². The Morgan fingerprint density at radius 3 is 2.46 bits per heavy atom. The fourth-order valence-electron chi connectivity index (χ4n) is 1.91. The predicted molar refractivity (Wildman–Crippen MR) is 101 cm³/mol. The van der Waals surface area contributed by atoms with Gasteiger partial charge in [-0.15, -0.1) is 22.0 Å². The first kappa shape index (κ1) is 16.4. The van der Waals surface area contributed by atoms with E-state index in [1.807, 2.05) is 72.8 Å². The molecular weight excluding hydrogens is 338 g/mol. The lowest BCUT2D eigenvalue weighted by Crippen LogP contribution is -2.13. The number of hydrogen-bond donors (Lipinski definition) is 1.